The lowest BCUT2D eigenvalue weighted by molar-refractivity contribution is -0.122. The second kappa shape index (κ2) is 9.22. The first kappa shape index (κ1) is 21.0. The van der Waals surface area contributed by atoms with Gasteiger partial charge in [-0.15, -0.1) is 0 Å². The van der Waals surface area contributed by atoms with Crippen LogP contribution in [0.4, 0.5) is 14.5 Å². The fraction of sp³-hybridized carbons (Fsp3) is 0.273. The first-order chi connectivity index (χ1) is 13.9. The summed E-state index contributed by atoms with van der Waals surface area (Å²) in [5, 5.41) is 0.376. The third-order valence-electron chi connectivity index (χ3n) is 4.03. The number of amidine groups is 1. The standard InChI is InChI=1S/C22H22F2N2O2S/c1-4-28-17-7-5-6-15(10-17)11-20-21(27)26(13-14(2)3)22(29-20)25-19-9-8-16(23)12-18(19)24/h5-12,14H,4,13H2,1-3H3/b20-11+,25-22?. The topological polar surface area (TPSA) is 41.9 Å². The van der Waals surface area contributed by atoms with Crippen molar-refractivity contribution in [2.75, 3.05) is 13.2 Å². The van der Waals surface area contributed by atoms with Crippen LogP contribution in [-0.2, 0) is 4.79 Å². The highest BCUT2D eigenvalue weighted by Gasteiger charge is 2.34. The number of halogens is 2. The van der Waals surface area contributed by atoms with Crippen molar-refractivity contribution in [3.05, 3.63) is 64.6 Å². The summed E-state index contributed by atoms with van der Waals surface area (Å²) in [5.41, 5.74) is 0.820. The van der Waals surface area contributed by atoms with Crippen molar-refractivity contribution in [3.63, 3.8) is 0 Å². The first-order valence-corrected chi connectivity index (χ1v) is 10.2. The molecule has 0 radical (unpaired) electrons. The molecule has 7 heteroatoms. The van der Waals surface area contributed by atoms with Crippen LogP contribution in [0.1, 0.15) is 26.3 Å². The van der Waals surface area contributed by atoms with Gasteiger partial charge in [-0.25, -0.2) is 13.8 Å². The number of hydrogen-bond acceptors (Lipinski definition) is 4. The first-order valence-electron chi connectivity index (χ1n) is 9.35. The molecule has 152 valence electrons. The zero-order valence-corrected chi connectivity index (χ0v) is 17.3. The maximum atomic E-state index is 14.1. The van der Waals surface area contributed by atoms with Crippen LogP contribution >= 0.6 is 11.8 Å². The molecule has 1 fully saturated rings. The molecule has 2 aromatic rings. The molecule has 29 heavy (non-hydrogen) atoms. The average Bonchev–Trinajstić information content (AvgIpc) is 2.93. The quantitative estimate of drug-likeness (QED) is 0.574. The monoisotopic (exact) mass is 416 g/mol. The van der Waals surface area contributed by atoms with Crippen LogP contribution in [0.5, 0.6) is 5.75 Å². The Kier molecular flexibility index (Phi) is 6.69. The lowest BCUT2D eigenvalue weighted by atomic mass is 10.2. The van der Waals surface area contributed by atoms with Crippen LogP contribution < -0.4 is 4.74 Å². The van der Waals surface area contributed by atoms with E-state index in [4.69, 9.17) is 4.74 Å². The second-order valence-electron chi connectivity index (χ2n) is 6.92. The van der Waals surface area contributed by atoms with Crippen molar-refractivity contribution in [1.82, 2.24) is 4.90 Å². The predicted octanol–water partition coefficient (Wildman–Crippen LogP) is 5.62. The number of carbonyl (C=O) groups is 1. The summed E-state index contributed by atoms with van der Waals surface area (Å²) >= 11 is 1.18. The van der Waals surface area contributed by atoms with Gasteiger partial charge in [-0.3, -0.25) is 9.69 Å². The van der Waals surface area contributed by atoms with E-state index in [0.717, 1.165) is 23.4 Å². The number of thioether (sulfide) groups is 1. The Morgan fingerprint density at radius 3 is 2.69 bits per heavy atom. The van der Waals surface area contributed by atoms with Crippen molar-refractivity contribution < 1.29 is 18.3 Å². The van der Waals surface area contributed by atoms with Crippen molar-refractivity contribution in [3.8, 4) is 5.75 Å². The molecule has 0 unspecified atom stereocenters. The predicted molar refractivity (Wildman–Crippen MR) is 113 cm³/mol. The molecule has 4 nitrogen and oxygen atoms in total. The van der Waals surface area contributed by atoms with Crippen LogP contribution in [0, 0.1) is 17.6 Å². The van der Waals surface area contributed by atoms with Gasteiger partial charge in [-0.05, 0) is 60.5 Å². The number of rotatable bonds is 6. The minimum Gasteiger partial charge on any atom is -0.494 e. The molecule has 0 aliphatic carbocycles. The summed E-state index contributed by atoms with van der Waals surface area (Å²) in [6.07, 6.45) is 1.77. The van der Waals surface area contributed by atoms with Crippen molar-refractivity contribution in [2.45, 2.75) is 20.8 Å². The third kappa shape index (κ3) is 5.23. The minimum atomic E-state index is -0.767. The minimum absolute atomic E-state index is 0.00458. The van der Waals surface area contributed by atoms with Gasteiger partial charge in [0.15, 0.2) is 11.0 Å². The molecular weight excluding hydrogens is 394 g/mol. The molecule has 2 aromatic carbocycles. The zero-order valence-electron chi connectivity index (χ0n) is 16.5. The summed E-state index contributed by atoms with van der Waals surface area (Å²) < 4.78 is 32.8. The number of amides is 1. The van der Waals surface area contributed by atoms with E-state index in [0.29, 0.717) is 23.2 Å². The van der Waals surface area contributed by atoms with Gasteiger partial charge in [0, 0.05) is 12.6 Å². The smallest absolute Gasteiger partial charge is 0.266 e. The van der Waals surface area contributed by atoms with E-state index in [1.165, 1.54) is 22.7 Å². The van der Waals surface area contributed by atoms with Crippen LogP contribution in [-0.4, -0.2) is 29.1 Å². The van der Waals surface area contributed by atoms with E-state index >= 15 is 0 Å². The van der Waals surface area contributed by atoms with Gasteiger partial charge in [0.05, 0.1) is 11.5 Å². The van der Waals surface area contributed by atoms with Gasteiger partial charge in [-0.1, -0.05) is 26.0 Å². The summed E-state index contributed by atoms with van der Waals surface area (Å²) in [6, 6.07) is 10.6. The molecule has 1 amide bonds. The van der Waals surface area contributed by atoms with Crippen LogP contribution in [0.2, 0.25) is 0 Å². The Bertz CT molecular complexity index is 973. The van der Waals surface area contributed by atoms with Gasteiger partial charge in [0.1, 0.15) is 17.3 Å². The van der Waals surface area contributed by atoms with E-state index < -0.39 is 11.6 Å². The van der Waals surface area contributed by atoms with Crippen LogP contribution in [0.15, 0.2) is 52.4 Å². The van der Waals surface area contributed by atoms with E-state index in [2.05, 4.69) is 4.99 Å². The van der Waals surface area contributed by atoms with E-state index in [1.807, 2.05) is 45.0 Å². The van der Waals surface area contributed by atoms with Crippen LogP contribution in [0.25, 0.3) is 6.08 Å². The van der Waals surface area contributed by atoms with Gasteiger partial charge < -0.3 is 4.74 Å². The van der Waals surface area contributed by atoms with Gasteiger partial charge in [0.25, 0.3) is 5.91 Å². The number of carbonyl (C=O) groups excluding carboxylic acids is 1. The molecule has 1 aliphatic rings. The number of benzene rings is 2. The van der Waals surface area contributed by atoms with Gasteiger partial charge >= 0.3 is 0 Å². The largest absolute Gasteiger partial charge is 0.494 e. The van der Waals surface area contributed by atoms with E-state index in [9.17, 15) is 13.6 Å². The summed E-state index contributed by atoms with van der Waals surface area (Å²) in [5.74, 6) is -0.707. The zero-order chi connectivity index (χ0) is 21.0. The molecular formula is C22H22F2N2O2S. The normalized spacial score (nSPS) is 17.0. The summed E-state index contributed by atoms with van der Waals surface area (Å²) in [4.78, 5) is 19.3. The third-order valence-corrected chi connectivity index (χ3v) is 5.04. The Balaban J connectivity index is 1.96. The van der Waals surface area contributed by atoms with E-state index in [1.54, 1.807) is 6.08 Å². The number of ether oxygens (including phenoxy) is 1. The lowest BCUT2D eigenvalue weighted by Crippen LogP contribution is -2.32. The summed E-state index contributed by atoms with van der Waals surface area (Å²) in [7, 11) is 0. The van der Waals surface area contributed by atoms with Crippen molar-refractivity contribution in [2.24, 2.45) is 10.9 Å². The molecule has 0 N–H and O–H groups in total. The number of hydrogen-bond donors (Lipinski definition) is 0. The van der Waals surface area contributed by atoms with Crippen LogP contribution in [0.3, 0.4) is 0 Å². The van der Waals surface area contributed by atoms with Crippen molar-refractivity contribution >= 4 is 34.6 Å². The molecule has 1 heterocycles. The lowest BCUT2D eigenvalue weighted by Gasteiger charge is -2.17. The summed E-state index contributed by atoms with van der Waals surface area (Å²) in [6.45, 7) is 6.88. The average molecular weight is 416 g/mol. The van der Waals surface area contributed by atoms with Gasteiger partial charge in [0.2, 0.25) is 0 Å². The molecule has 0 atom stereocenters. The Morgan fingerprint density at radius 2 is 2.00 bits per heavy atom. The molecule has 0 saturated carbocycles. The number of nitrogens with zero attached hydrogens (tertiary/aromatic N) is 2. The molecule has 3 rings (SSSR count). The highest BCUT2D eigenvalue weighted by atomic mass is 32.2. The van der Waals surface area contributed by atoms with E-state index in [-0.39, 0.29) is 17.5 Å². The Labute approximate surface area is 173 Å². The van der Waals surface area contributed by atoms with Gasteiger partial charge in [-0.2, -0.15) is 0 Å². The van der Waals surface area contributed by atoms with Crippen molar-refractivity contribution in [1.29, 1.82) is 0 Å². The highest BCUT2D eigenvalue weighted by molar-refractivity contribution is 8.18. The molecule has 0 bridgehead atoms. The molecule has 1 saturated heterocycles. The SMILES string of the molecule is CCOc1cccc(/C=C2/SC(=Nc3ccc(F)cc3F)N(CC(C)C)C2=O)c1. The highest BCUT2D eigenvalue weighted by Crippen LogP contribution is 2.35. The number of aliphatic imine (C=N–C) groups is 1. The fourth-order valence-electron chi connectivity index (χ4n) is 2.80. The Morgan fingerprint density at radius 1 is 1.21 bits per heavy atom. The molecule has 0 spiro atoms. The maximum Gasteiger partial charge on any atom is 0.266 e. The molecule has 1 aliphatic heterocycles. The Hall–Kier alpha value is -2.67. The molecule has 0 aromatic heterocycles. The maximum absolute atomic E-state index is 14.1. The fourth-order valence-corrected chi connectivity index (χ4v) is 3.81. The second-order valence-corrected chi connectivity index (χ2v) is 7.92.